The molecular formula is C27H31N7O4. The molecule has 11 nitrogen and oxygen atoms in total. The minimum Gasteiger partial charge on any atom is -0.512 e. The zero-order valence-corrected chi connectivity index (χ0v) is 21.4. The zero-order chi connectivity index (χ0) is 27.0. The van der Waals surface area contributed by atoms with E-state index in [0.29, 0.717) is 42.4 Å². The van der Waals surface area contributed by atoms with Gasteiger partial charge in [0.15, 0.2) is 0 Å². The Labute approximate surface area is 219 Å². The summed E-state index contributed by atoms with van der Waals surface area (Å²) < 4.78 is 7.26. The Morgan fingerprint density at radius 1 is 1.29 bits per heavy atom. The van der Waals surface area contributed by atoms with Crippen LogP contribution in [0.25, 0.3) is 16.8 Å². The monoisotopic (exact) mass is 517 g/mol. The van der Waals surface area contributed by atoms with Crippen LogP contribution in [0, 0.1) is 10.8 Å². The number of carbonyl (C=O) groups is 2. The van der Waals surface area contributed by atoms with Crippen molar-refractivity contribution in [1.29, 1.82) is 5.41 Å². The van der Waals surface area contributed by atoms with Crippen molar-refractivity contribution in [2.24, 2.45) is 5.41 Å². The van der Waals surface area contributed by atoms with E-state index in [4.69, 9.17) is 20.9 Å². The maximum Gasteiger partial charge on any atom is 0.256 e. The highest BCUT2D eigenvalue weighted by atomic mass is 16.5. The Morgan fingerprint density at radius 2 is 2.03 bits per heavy atom. The summed E-state index contributed by atoms with van der Waals surface area (Å²) in [4.78, 5) is 36.9. The van der Waals surface area contributed by atoms with Gasteiger partial charge in [-0.15, -0.1) is 0 Å². The molecule has 1 aromatic carbocycles. The molecule has 0 aliphatic carbocycles. The molecule has 0 spiro atoms. The number of piperidine rings is 1. The molecule has 3 aromatic rings. The highest BCUT2D eigenvalue weighted by molar-refractivity contribution is 6.09. The number of carbonyl (C=O) groups excluding carboxylic acids is 2. The van der Waals surface area contributed by atoms with E-state index in [9.17, 15) is 14.7 Å². The third-order valence-electron chi connectivity index (χ3n) is 7.06. The van der Waals surface area contributed by atoms with Gasteiger partial charge >= 0.3 is 0 Å². The number of amides is 2. The van der Waals surface area contributed by atoms with E-state index in [1.54, 1.807) is 30.5 Å². The number of imidazole rings is 1. The smallest absolute Gasteiger partial charge is 0.256 e. The fourth-order valence-electron chi connectivity index (χ4n) is 5.08. The number of ether oxygens (including phenoxy) is 1. The number of aliphatic hydroxyl groups excluding tert-OH is 1. The molecule has 0 radical (unpaired) electrons. The largest absolute Gasteiger partial charge is 0.512 e. The van der Waals surface area contributed by atoms with Crippen LogP contribution in [0.2, 0.25) is 0 Å². The SMILES string of the molecule is C/C(O)=C/C(=N)NC(=O)c1ccc(-c2nc([C@@H]3CCCN(C(=O)C4(C)COC4)C3)n3ccnc(N)c23)cc1. The summed E-state index contributed by atoms with van der Waals surface area (Å²) in [5.41, 5.74) is 8.29. The van der Waals surface area contributed by atoms with Gasteiger partial charge in [0.05, 0.1) is 24.4 Å². The summed E-state index contributed by atoms with van der Waals surface area (Å²) in [7, 11) is 0. The summed E-state index contributed by atoms with van der Waals surface area (Å²) in [6.45, 7) is 5.58. The molecule has 2 aromatic heterocycles. The number of nitrogens with two attached hydrogens (primary N) is 1. The van der Waals surface area contributed by atoms with Gasteiger partial charge in [0, 0.05) is 48.6 Å². The molecular weight excluding hydrogens is 486 g/mol. The minimum absolute atomic E-state index is 0.0273. The van der Waals surface area contributed by atoms with Crippen molar-refractivity contribution in [3.05, 3.63) is 59.9 Å². The Kier molecular flexibility index (Phi) is 6.62. The number of likely N-dealkylation sites (tertiary alicyclic amines) is 1. The van der Waals surface area contributed by atoms with Crippen molar-refractivity contribution in [3.8, 4) is 11.3 Å². The lowest BCUT2D eigenvalue weighted by atomic mass is 9.85. The maximum atomic E-state index is 13.2. The number of nitrogen functional groups attached to an aromatic ring is 1. The maximum absolute atomic E-state index is 13.2. The number of benzene rings is 1. The number of fused-ring (bicyclic) bond motifs is 1. The van der Waals surface area contributed by atoms with Crippen LogP contribution >= 0.6 is 0 Å². The van der Waals surface area contributed by atoms with Gasteiger partial charge in [-0.05, 0) is 38.8 Å². The van der Waals surface area contributed by atoms with Crippen molar-refractivity contribution in [2.45, 2.75) is 32.6 Å². The molecule has 2 aliphatic rings. The molecule has 0 saturated carbocycles. The van der Waals surface area contributed by atoms with Crippen LogP contribution < -0.4 is 11.1 Å². The second kappa shape index (κ2) is 9.90. The van der Waals surface area contributed by atoms with Crippen molar-refractivity contribution in [2.75, 3.05) is 32.0 Å². The number of nitrogens with zero attached hydrogens (tertiary/aromatic N) is 4. The molecule has 4 heterocycles. The number of rotatable bonds is 5. The molecule has 38 heavy (non-hydrogen) atoms. The van der Waals surface area contributed by atoms with Gasteiger partial charge < -0.3 is 25.8 Å². The van der Waals surface area contributed by atoms with Crippen molar-refractivity contribution in [3.63, 3.8) is 0 Å². The zero-order valence-electron chi connectivity index (χ0n) is 21.4. The summed E-state index contributed by atoms with van der Waals surface area (Å²) >= 11 is 0. The predicted octanol–water partition coefficient (Wildman–Crippen LogP) is 2.89. The Morgan fingerprint density at radius 3 is 2.68 bits per heavy atom. The summed E-state index contributed by atoms with van der Waals surface area (Å²) in [5.74, 6) is 0.566. The third-order valence-corrected chi connectivity index (χ3v) is 7.06. The van der Waals surface area contributed by atoms with Gasteiger partial charge in [0.1, 0.15) is 28.7 Å². The predicted molar refractivity (Wildman–Crippen MR) is 142 cm³/mol. The summed E-state index contributed by atoms with van der Waals surface area (Å²) in [5, 5.41) is 19.5. The molecule has 0 bridgehead atoms. The van der Waals surface area contributed by atoms with Gasteiger partial charge in [-0.3, -0.25) is 19.4 Å². The molecule has 11 heteroatoms. The number of allylic oxidation sites excluding steroid dienone is 1. The standard InChI is InChI=1S/C27H31N7O4/c1-16(35)12-20(28)31-25(36)18-7-5-17(6-8-18)21-22-23(29)30-9-11-34(22)24(32-21)19-4-3-10-33(13-19)26(37)27(2)14-38-15-27/h5-9,11-12,19,35H,3-4,10,13-15H2,1-2H3,(H2,29,30)(H2,28,31,36)/b16-12-/t19-/m1/s1. The first-order valence-corrected chi connectivity index (χ1v) is 12.5. The van der Waals surface area contributed by atoms with Gasteiger partial charge in [-0.1, -0.05) is 12.1 Å². The van der Waals surface area contributed by atoms with Crippen LogP contribution in [-0.2, 0) is 9.53 Å². The molecule has 198 valence electrons. The van der Waals surface area contributed by atoms with Crippen molar-refractivity contribution in [1.82, 2.24) is 24.6 Å². The van der Waals surface area contributed by atoms with Crippen molar-refractivity contribution >= 4 is 29.0 Å². The highest BCUT2D eigenvalue weighted by Gasteiger charge is 2.44. The lowest BCUT2D eigenvalue weighted by Gasteiger charge is -2.42. The van der Waals surface area contributed by atoms with Crippen LogP contribution in [0.1, 0.15) is 48.8 Å². The molecule has 2 fully saturated rings. The van der Waals surface area contributed by atoms with E-state index in [1.165, 1.54) is 6.92 Å². The molecule has 1 atom stereocenters. The molecule has 5 rings (SSSR count). The van der Waals surface area contributed by atoms with Crippen LogP contribution in [0.3, 0.4) is 0 Å². The van der Waals surface area contributed by atoms with Gasteiger partial charge in [-0.2, -0.15) is 0 Å². The number of aliphatic hydroxyl groups is 1. The van der Waals surface area contributed by atoms with Crippen LogP contribution in [-0.4, -0.2) is 68.3 Å². The number of aromatic nitrogens is 3. The number of anilines is 1. The first kappa shape index (κ1) is 25.4. The first-order valence-electron chi connectivity index (χ1n) is 12.5. The fourth-order valence-corrected chi connectivity index (χ4v) is 5.08. The van der Waals surface area contributed by atoms with Gasteiger partial charge in [0.25, 0.3) is 5.91 Å². The minimum atomic E-state index is -0.465. The first-order chi connectivity index (χ1) is 18.2. The lowest BCUT2D eigenvalue weighted by molar-refractivity contribution is -0.169. The molecule has 0 unspecified atom stereocenters. The van der Waals surface area contributed by atoms with E-state index in [0.717, 1.165) is 36.9 Å². The van der Waals surface area contributed by atoms with Crippen LogP contribution in [0.4, 0.5) is 5.82 Å². The molecule has 2 amide bonds. The normalized spacial score (nSPS) is 19.2. The summed E-state index contributed by atoms with van der Waals surface area (Å²) in [6, 6.07) is 6.84. The molecule has 2 aliphatic heterocycles. The second-order valence-electron chi connectivity index (χ2n) is 10.2. The van der Waals surface area contributed by atoms with Gasteiger partial charge in [0.2, 0.25) is 5.91 Å². The van der Waals surface area contributed by atoms with Crippen molar-refractivity contribution < 1.29 is 19.4 Å². The Bertz CT molecular complexity index is 1440. The topological polar surface area (TPSA) is 159 Å². The quantitative estimate of drug-likeness (QED) is 0.230. The van der Waals surface area contributed by atoms with Gasteiger partial charge in [-0.25, -0.2) is 9.97 Å². The number of amidine groups is 1. The molecule has 5 N–H and O–H groups in total. The van der Waals surface area contributed by atoms with E-state index in [2.05, 4.69) is 10.3 Å². The molecule has 2 saturated heterocycles. The summed E-state index contributed by atoms with van der Waals surface area (Å²) in [6.07, 6.45) is 6.40. The number of hydrogen-bond acceptors (Lipinski definition) is 8. The Balaban J connectivity index is 1.43. The Hall–Kier alpha value is -4.25. The third kappa shape index (κ3) is 4.72. The van der Waals surface area contributed by atoms with Crippen LogP contribution in [0.15, 0.2) is 48.5 Å². The van der Waals surface area contributed by atoms with E-state index in [-0.39, 0.29) is 23.4 Å². The van der Waals surface area contributed by atoms with Crippen LogP contribution in [0.5, 0.6) is 0 Å². The fraction of sp³-hybridized carbons (Fsp3) is 0.370. The average molecular weight is 518 g/mol. The average Bonchev–Trinajstić information content (AvgIpc) is 3.27. The number of hydrogen-bond donors (Lipinski definition) is 4. The van der Waals surface area contributed by atoms with E-state index in [1.807, 2.05) is 22.4 Å². The second-order valence-corrected chi connectivity index (χ2v) is 10.2. The highest BCUT2D eigenvalue weighted by Crippen LogP contribution is 2.36. The lowest BCUT2D eigenvalue weighted by Crippen LogP contribution is -2.55. The number of nitrogens with one attached hydrogen (secondary N) is 2. The van der Waals surface area contributed by atoms with E-state index < -0.39 is 11.3 Å². The van der Waals surface area contributed by atoms with E-state index >= 15 is 0 Å².